The van der Waals surface area contributed by atoms with Crippen LogP contribution in [0.2, 0.25) is 0 Å². The van der Waals surface area contributed by atoms with E-state index in [1.807, 2.05) is 0 Å². The molecule has 2 rings (SSSR count). The summed E-state index contributed by atoms with van der Waals surface area (Å²) in [6, 6.07) is 7.53. The maximum atomic E-state index is 12.6. The van der Waals surface area contributed by atoms with E-state index in [1.165, 1.54) is 13.8 Å². The Balaban J connectivity index is 1.99. The number of anilines is 1. The molecule has 0 saturated heterocycles. The molecule has 2 N–H and O–H groups in total. The van der Waals surface area contributed by atoms with E-state index in [0.717, 1.165) is 29.8 Å². The van der Waals surface area contributed by atoms with E-state index >= 15 is 0 Å². The lowest BCUT2D eigenvalue weighted by atomic mass is 9.90. The standard InChI is InChI=1S/C18H18F3N3O2/c1-17(2,15(25)23-11-12-4-3-9-22-10-12)16(26)24-14-7-5-13(6-8-14)18(19,20)21/h3-10H,11H2,1-2H3,(H,23,25)(H,24,26). The molecule has 0 aliphatic heterocycles. The highest BCUT2D eigenvalue weighted by Gasteiger charge is 2.36. The number of halogens is 3. The van der Waals surface area contributed by atoms with Crippen LogP contribution < -0.4 is 10.6 Å². The maximum absolute atomic E-state index is 12.6. The van der Waals surface area contributed by atoms with Crippen molar-refractivity contribution in [1.29, 1.82) is 0 Å². The maximum Gasteiger partial charge on any atom is 0.416 e. The van der Waals surface area contributed by atoms with Crippen molar-refractivity contribution < 1.29 is 22.8 Å². The number of pyridine rings is 1. The minimum Gasteiger partial charge on any atom is -0.351 e. The highest BCUT2D eigenvalue weighted by molar-refractivity contribution is 6.09. The van der Waals surface area contributed by atoms with Gasteiger partial charge in [-0.15, -0.1) is 0 Å². The van der Waals surface area contributed by atoms with Gasteiger partial charge in [-0.25, -0.2) is 0 Å². The molecule has 0 radical (unpaired) electrons. The van der Waals surface area contributed by atoms with Gasteiger partial charge in [0.2, 0.25) is 11.8 Å². The average Bonchev–Trinajstić information content (AvgIpc) is 2.60. The fraction of sp³-hybridized carbons (Fsp3) is 0.278. The van der Waals surface area contributed by atoms with Crippen molar-refractivity contribution in [3.63, 3.8) is 0 Å². The molecule has 0 atom stereocenters. The molecule has 138 valence electrons. The number of hydrogen-bond donors (Lipinski definition) is 2. The molecule has 1 heterocycles. The summed E-state index contributed by atoms with van der Waals surface area (Å²) in [4.78, 5) is 28.6. The second kappa shape index (κ2) is 7.55. The molecule has 8 heteroatoms. The normalized spacial score (nSPS) is 11.7. The lowest BCUT2D eigenvalue weighted by Crippen LogP contribution is -2.44. The number of nitrogens with zero attached hydrogens (tertiary/aromatic N) is 1. The predicted molar refractivity (Wildman–Crippen MR) is 89.9 cm³/mol. The van der Waals surface area contributed by atoms with E-state index in [-0.39, 0.29) is 12.2 Å². The number of carbonyl (C=O) groups excluding carboxylic acids is 2. The third-order valence-electron chi connectivity index (χ3n) is 3.78. The summed E-state index contributed by atoms with van der Waals surface area (Å²) in [5, 5.41) is 5.11. The number of carbonyl (C=O) groups is 2. The van der Waals surface area contributed by atoms with E-state index in [1.54, 1.807) is 24.5 Å². The van der Waals surface area contributed by atoms with Gasteiger partial charge >= 0.3 is 6.18 Å². The van der Waals surface area contributed by atoms with Crippen LogP contribution in [-0.2, 0) is 22.3 Å². The largest absolute Gasteiger partial charge is 0.416 e. The fourth-order valence-electron chi connectivity index (χ4n) is 2.04. The quantitative estimate of drug-likeness (QED) is 0.798. The number of amides is 2. The lowest BCUT2D eigenvalue weighted by Gasteiger charge is -2.23. The summed E-state index contributed by atoms with van der Waals surface area (Å²) in [5.74, 6) is -1.13. The van der Waals surface area contributed by atoms with Crippen LogP contribution in [0.1, 0.15) is 25.0 Å². The molecular weight excluding hydrogens is 347 g/mol. The molecule has 26 heavy (non-hydrogen) atoms. The number of rotatable bonds is 5. The van der Waals surface area contributed by atoms with Crippen LogP contribution in [0.25, 0.3) is 0 Å². The third-order valence-corrected chi connectivity index (χ3v) is 3.78. The van der Waals surface area contributed by atoms with Gasteiger partial charge in [0.25, 0.3) is 0 Å². The molecule has 2 amide bonds. The van der Waals surface area contributed by atoms with E-state index in [2.05, 4.69) is 15.6 Å². The van der Waals surface area contributed by atoms with Crippen molar-refractivity contribution in [2.75, 3.05) is 5.32 Å². The predicted octanol–water partition coefficient (Wildman–Crippen LogP) is 3.38. The first-order valence-electron chi connectivity index (χ1n) is 7.76. The Kier molecular flexibility index (Phi) is 5.64. The zero-order valence-corrected chi connectivity index (χ0v) is 14.2. The highest BCUT2D eigenvalue weighted by Crippen LogP contribution is 2.30. The summed E-state index contributed by atoms with van der Waals surface area (Å²) >= 11 is 0. The monoisotopic (exact) mass is 365 g/mol. The summed E-state index contributed by atoms with van der Waals surface area (Å²) in [5.41, 5.74) is -1.27. The van der Waals surface area contributed by atoms with Crippen molar-refractivity contribution >= 4 is 17.5 Å². The second-order valence-corrected chi connectivity index (χ2v) is 6.20. The van der Waals surface area contributed by atoms with Gasteiger partial charge in [-0.2, -0.15) is 13.2 Å². The Morgan fingerprint density at radius 3 is 2.23 bits per heavy atom. The van der Waals surface area contributed by atoms with E-state index in [0.29, 0.717) is 0 Å². The van der Waals surface area contributed by atoms with Gasteiger partial charge in [0.1, 0.15) is 5.41 Å². The molecule has 0 saturated carbocycles. The zero-order valence-electron chi connectivity index (χ0n) is 14.2. The van der Waals surface area contributed by atoms with Gasteiger partial charge in [0, 0.05) is 24.6 Å². The van der Waals surface area contributed by atoms with Gasteiger partial charge in [-0.1, -0.05) is 6.07 Å². The van der Waals surface area contributed by atoms with Crippen LogP contribution in [0.3, 0.4) is 0 Å². The topological polar surface area (TPSA) is 71.1 Å². The first-order chi connectivity index (χ1) is 12.1. The highest BCUT2D eigenvalue weighted by atomic mass is 19.4. The summed E-state index contributed by atoms with van der Waals surface area (Å²) in [7, 11) is 0. The Morgan fingerprint density at radius 2 is 1.69 bits per heavy atom. The minimum atomic E-state index is -4.45. The number of aromatic nitrogens is 1. The van der Waals surface area contributed by atoms with Gasteiger partial charge in [0.05, 0.1) is 5.56 Å². The summed E-state index contributed by atoms with van der Waals surface area (Å²) < 4.78 is 37.7. The molecule has 0 bridgehead atoms. The number of alkyl halides is 3. The summed E-state index contributed by atoms with van der Waals surface area (Å²) in [6.07, 6.45) is -1.25. The first-order valence-corrected chi connectivity index (χ1v) is 7.76. The second-order valence-electron chi connectivity index (χ2n) is 6.20. The number of nitrogens with one attached hydrogen (secondary N) is 2. The van der Waals surface area contributed by atoms with Crippen molar-refractivity contribution in [2.45, 2.75) is 26.6 Å². The van der Waals surface area contributed by atoms with E-state index < -0.39 is 29.0 Å². The molecule has 1 aromatic heterocycles. The van der Waals surface area contributed by atoms with Gasteiger partial charge in [-0.05, 0) is 49.7 Å². The molecule has 2 aromatic rings. The Labute approximate surface area is 148 Å². The molecule has 0 aliphatic carbocycles. The molecule has 0 aliphatic rings. The van der Waals surface area contributed by atoms with Gasteiger partial charge in [-0.3, -0.25) is 14.6 Å². The number of hydrogen-bond acceptors (Lipinski definition) is 3. The SMILES string of the molecule is CC(C)(C(=O)NCc1cccnc1)C(=O)Nc1ccc(C(F)(F)F)cc1. The van der Waals surface area contributed by atoms with Gasteiger partial charge in [0.15, 0.2) is 0 Å². The first kappa shape index (κ1) is 19.4. The van der Waals surface area contributed by atoms with Crippen LogP contribution >= 0.6 is 0 Å². The molecule has 5 nitrogen and oxygen atoms in total. The third kappa shape index (κ3) is 4.81. The zero-order chi connectivity index (χ0) is 19.4. The Morgan fingerprint density at radius 1 is 1.04 bits per heavy atom. The molecule has 0 unspecified atom stereocenters. The van der Waals surface area contributed by atoms with Crippen LogP contribution in [0.15, 0.2) is 48.8 Å². The minimum absolute atomic E-state index is 0.177. The van der Waals surface area contributed by atoms with Crippen LogP contribution in [0, 0.1) is 5.41 Å². The Bertz CT molecular complexity index is 773. The van der Waals surface area contributed by atoms with Crippen molar-refractivity contribution in [3.05, 3.63) is 59.9 Å². The molecular formula is C18H18F3N3O2. The fourth-order valence-corrected chi connectivity index (χ4v) is 2.04. The Hall–Kier alpha value is -2.90. The van der Waals surface area contributed by atoms with Crippen molar-refractivity contribution in [1.82, 2.24) is 10.3 Å². The molecule has 0 spiro atoms. The lowest BCUT2D eigenvalue weighted by molar-refractivity contribution is -0.139. The van der Waals surface area contributed by atoms with Crippen LogP contribution in [0.4, 0.5) is 18.9 Å². The van der Waals surface area contributed by atoms with Crippen LogP contribution in [0.5, 0.6) is 0 Å². The van der Waals surface area contributed by atoms with E-state index in [4.69, 9.17) is 0 Å². The van der Waals surface area contributed by atoms with Crippen LogP contribution in [-0.4, -0.2) is 16.8 Å². The molecule has 0 fully saturated rings. The molecule has 1 aromatic carbocycles. The number of benzene rings is 1. The van der Waals surface area contributed by atoms with E-state index in [9.17, 15) is 22.8 Å². The average molecular weight is 365 g/mol. The smallest absolute Gasteiger partial charge is 0.351 e. The van der Waals surface area contributed by atoms with Crippen molar-refractivity contribution in [2.24, 2.45) is 5.41 Å². The summed E-state index contributed by atoms with van der Waals surface area (Å²) in [6.45, 7) is 3.08. The van der Waals surface area contributed by atoms with Crippen molar-refractivity contribution in [3.8, 4) is 0 Å². The van der Waals surface area contributed by atoms with Gasteiger partial charge < -0.3 is 10.6 Å².